The van der Waals surface area contributed by atoms with Gasteiger partial charge in [-0.25, -0.2) is 0 Å². The zero-order valence-electron chi connectivity index (χ0n) is 19.7. The van der Waals surface area contributed by atoms with Gasteiger partial charge in [0.05, 0.1) is 11.4 Å². The molecule has 0 unspecified atom stereocenters. The lowest BCUT2D eigenvalue weighted by Gasteiger charge is -2.12. The standard InChI is InChI=1S/C28H32N2O2/c1-17(2)23-13-19(5)11-21(27(23)31)15-29-25-9-7-8-10-26(25)30-16-22-12-20(6)14-24(18(3)4)28(22)32/h7-18,31-32H,1-6H3. The van der Waals surface area contributed by atoms with Crippen LogP contribution in [0.25, 0.3) is 0 Å². The van der Waals surface area contributed by atoms with Crippen LogP contribution in [-0.2, 0) is 0 Å². The largest absolute Gasteiger partial charge is 0.507 e. The van der Waals surface area contributed by atoms with E-state index >= 15 is 0 Å². The maximum atomic E-state index is 10.7. The predicted octanol–water partition coefficient (Wildman–Crippen LogP) is 7.46. The lowest BCUT2D eigenvalue weighted by Crippen LogP contribution is -1.94. The van der Waals surface area contributed by atoms with Gasteiger partial charge in [0.1, 0.15) is 11.5 Å². The average Bonchev–Trinajstić information content (AvgIpc) is 2.74. The summed E-state index contributed by atoms with van der Waals surface area (Å²) in [6, 6.07) is 15.4. The van der Waals surface area contributed by atoms with Crippen LogP contribution >= 0.6 is 0 Å². The van der Waals surface area contributed by atoms with Crippen LogP contribution in [0.2, 0.25) is 0 Å². The van der Waals surface area contributed by atoms with Crippen LogP contribution < -0.4 is 0 Å². The van der Waals surface area contributed by atoms with E-state index in [1.807, 2.05) is 62.4 Å². The van der Waals surface area contributed by atoms with E-state index in [1.54, 1.807) is 12.4 Å². The molecule has 0 bridgehead atoms. The predicted molar refractivity (Wildman–Crippen MR) is 135 cm³/mol. The van der Waals surface area contributed by atoms with E-state index in [1.165, 1.54) is 0 Å². The highest BCUT2D eigenvalue weighted by molar-refractivity contribution is 5.90. The number of para-hydroxylation sites is 2. The third kappa shape index (κ3) is 5.25. The Kier molecular flexibility index (Phi) is 7.14. The summed E-state index contributed by atoms with van der Waals surface area (Å²) in [5.74, 6) is 0.968. The highest BCUT2D eigenvalue weighted by Crippen LogP contribution is 2.33. The van der Waals surface area contributed by atoms with Gasteiger partial charge < -0.3 is 10.2 Å². The van der Waals surface area contributed by atoms with Crippen molar-refractivity contribution in [2.45, 2.75) is 53.4 Å². The van der Waals surface area contributed by atoms with E-state index in [4.69, 9.17) is 0 Å². The second-order valence-corrected chi connectivity index (χ2v) is 8.90. The molecule has 4 heteroatoms. The molecule has 0 fully saturated rings. The molecule has 0 amide bonds. The average molecular weight is 429 g/mol. The SMILES string of the molecule is Cc1cc(C=Nc2ccccc2N=Cc2cc(C)cc(C(C)C)c2O)c(O)c(C(C)C)c1. The number of hydrogen-bond donors (Lipinski definition) is 2. The van der Waals surface area contributed by atoms with E-state index in [9.17, 15) is 10.2 Å². The lowest BCUT2D eigenvalue weighted by molar-refractivity contribution is 0.463. The Labute approximate surface area is 191 Å². The summed E-state index contributed by atoms with van der Waals surface area (Å²) in [5, 5.41) is 21.3. The Hall–Kier alpha value is -3.40. The first kappa shape index (κ1) is 23.3. The molecule has 0 atom stereocenters. The summed E-state index contributed by atoms with van der Waals surface area (Å²) in [7, 11) is 0. The van der Waals surface area contributed by atoms with Crippen molar-refractivity contribution in [1.29, 1.82) is 0 Å². The number of hydrogen-bond acceptors (Lipinski definition) is 4. The molecule has 0 aliphatic heterocycles. The summed E-state index contributed by atoms with van der Waals surface area (Å²) in [6.07, 6.45) is 3.37. The number of phenolic OH excluding ortho intramolecular Hbond substituents is 2. The highest BCUT2D eigenvalue weighted by atomic mass is 16.3. The Morgan fingerprint density at radius 2 is 1.03 bits per heavy atom. The first-order valence-electron chi connectivity index (χ1n) is 11.0. The van der Waals surface area contributed by atoms with Gasteiger partial charge >= 0.3 is 0 Å². The van der Waals surface area contributed by atoms with Crippen LogP contribution in [0.1, 0.15) is 72.9 Å². The Bertz CT molecular complexity index is 1080. The summed E-state index contributed by atoms with van der Waals surface area (Å²) in [5.41, 5.74) is 6.72. The monoisotopic (exact) mass is 428 g/mol. The Morgan fingerprint density at radius 1 is 0.656 bits per heavy atom. The van der Waals surface area contributed by atoms with Crippen molar-refractivity contribution < 1.29 is 10.2 Å². The molecule has 0 aromatic heterocycles. The normalized spacial score (nSPS) is 12.0. The van der Waals surface area contributed by atoms with Crippen LogP contribution in [0, 0.1) is 13.8 Å². The molecule has 3 aromatic rings. The van der Waals surface area contributed by atoms with Gasteiger partial charge in [-0.15, -0.1) is 0 Å². The quantitative estimate of drug-likeness (QED) is 0.400. The molecule has 3 aromatic carbocycles. The van der Waals surface area contributed by atoms with Crippen molar-refractivity contribution in [3.63, 3.8) is 0 Å². The van der Waals surface area contributed by atoms with Gasteiger partial charge in [0.15, 0.2) is 0 Å². The lowest BCUT2D eigenvalue weighted by atomic mass is 9.97. The van der Waals surface area contributed by atoms with Gasteiger partial charge in [0.25, 0.3) is 0 Å². The van der Waals surface area contributed by atoms with Crippen molar-refractivity contribution in [3.8, 4) is 11.5 Å². The molecule has 0 aliphatic rings. The van der Waals surface area contributed by atoms with Crippen molar-refractivity contribution in [1.82, 2.24) is 0 Å². The fraction of sp³-hybridized carbons (Fsp3) is 0.286. The maximum absolute atomic E-state index is 10.7. The summed E-state index contributed by atoms with van der Waals surface area (Å²) in [6.45, 7) is 12.3. The smallest absolute Gasteiger partial charge is 0.127 e. The van der Waals surface area contributed by atoms with Gasteiger partial charge in [0.2, 0.25) is 0 Å². The highest BCUT2D eigenvalue weighted by Gasteiger charge is 2.12. The zero-order chi connectivity index (χ0) is 23.4. The minimum Gasteiger partial charge on any atom is -0.507 e. The molecule has 0 spiro atoms. The van der Waals surface area contributed by atoms with E-state index in [0.29, 0.717) is 22.5 Å². The molecule has 0 radical (unpaired) electrons. The Morgan fingerprint density at radius 3 is 1.38 bits per heavy atom. The van der Waals surface area contributed by atoms with Gasteiger partial charge in [-0.3, -0.25) is 9.98 Å². The third-order valence-corrected chi connectivity index (χ3v) is 5.44. The van der Waals surface area contributed by atoms with Gasteiger partial charge in [-0.05, 0) is 72.2 Å². The number of aryl methyl sites for hydroxylation is 2. The second kappa shape index (κ2) is 9.82. The molecule has 0 saturated carbocycles. The van der Waals surface area contributed by atoms with Gasteiger partial charge in [-0.2, -0.15) is 0 Å². The third-order valence-electron chi connectivity index (χ3n) is 5.44. The number of aliphatic imine (C=N–C) groups is 2. The molecule has 2 N–H and O–H groups in total. The minimum atomic E-state index is 0.219. The molecule has 0 saturated heterocycles. The number of phenols is 2. The van der Waals surface area contributed by atoms with Gasteiger partial charge in [-0.1, -0.05) is 52.0 Å². The molecule has 166 valence electrons. The molecule has 3 rings (SSSR count). The van der Waals surface area contributed by atoms with E-state index in [2.05, 4.69) is 37.7 Å². The second-order valence-electron chi connectivity index (χ2n) is 8.90. The topological polar surface area (TPSA) is 65.2 Å². The van der Waals surface area contributed by atoms with Crippen LogP contribution in [0.15, 0.2) is 58.5 Å². The Balaban J connectivity index is 1.97. The summed E-state index contributed by atoms with van der Waals surface area (Å²) < 4.78 is 0. The summed E-state index contributed by atoms with van der Waals surface area (Å²) >= 11 is 0. The maximum Gasteiger partial charge on any atom is 0.127 e. The number of rotatable bonds is 6. The van der Waals surface area contributed by atoms with E-state index in [0.717, 1.165) is 22.3 Å². The fourth-order valence-corrected chi connectivity index (χ4v) is 3.71. The van der Waals surface area contributed by atoms with Crippen molar-refractivity contribution >= 4 is 23.8 Å². The van der Waals surface area contributed by atoms with Crippen molar-refractivity contribution in [2.24, 2.45) is 9.98 Å². The van der Waals surface area contributed by atoms with Crippen molar-refractivity contribution in [3.05, 3.63) is 81.9 Å². The molecular formula is C28H32N2O2. The fourth-order valence-electron chi connectivity index (χ4n) is 3.71. The first-order valence-corrected chi connectivity index (χ1v) is 11.0. The first-order chi connectivity index (χ1) is 15.2. The van der Waals surface area contributed by atoms with Crippen LogP contribution in [0.3, 0.4) is 0 Å². The molecule has 0 aliphatic carbocycles. The zero-order valence-corrected chi connectivity index (χ0v) is 19.7. The van der Waals surface area contributed by atoms with Crippen LogP contribution in [0.5, 0.6) is 11.5 Å². The molecular weight excluding hydrogens is 396 g/mol. The van der Waals surface area contributed by atoms with Crippen molar-refractivity contribution in [2.75, 3.05) is 0 Å². The van der Waals surface area contributed by atoms with E-state index in [-0.39, 0.29) is 23.3 Å². The van der Waals surface area contributed by atoms with Crippen LogP contribution in [-0.4, -0.2) is 22.6 Å². The molecule has 32 heavy (non-hydrogen) atoms. The minimum absolute atomic E-state index is 0.219. The number of aromatic hydroxyl groups is 2. The van der Waals surface area contributed by atoms with Crippen LogP contribution in [0.4, 0.5) is 11.4 Å². The summed E-state index contributed by atoms with van der Waals surface area (Å²) in [4.78, 5) is 9.23. The number of nitrogens with zero attached hydrogens (tertiary/aromatic N) is 2. The van der Waals surface area contributed by atoms with Gasteiger partial charge in [0, 0.05) is 23.6 Å². The molecule has 4 nitrogen and oxygen atoms in total. The van der Waals surface area contributed by atoms with E-state index < -0.39 is 0 Å². The number of benzene rings is 3. The molecule has 0 heterocycles.